The van der Waals surface area contributed by atoms with Crippen LogP contribution in [0, 0.1) is 0 Å². The highest BCUT2D eigenvalue weighted by Crippen LogP contribution is 2.29. The molecule has 0 aliphatic heterocycles. The topological polar surface area (TPSA) is 85.6 Å². The van der Waals surface area contributed by atoms with Gasteiger partial charge in [-0.25, -0.2) is 13.2 Å². The highest BCUT2D eigenvalue weighted by atomic mass is 35.5. The van der Waals surface area contributed by atoms with Gasteiger partial charge >= 0.3 is 6.09 Å². The van der Waals surface area contributed by atoms with Gasteiger partial charge in [-0.2, -0.15) is 0 Å². The van der Waals surface area contributed by atoms with E-state index in [2.05, 4.69) is 5.32 Å². The molecule has 0 bridgehead atoms. The Hall–Kier alpha value is -2.77. The minimum absolute atomic E-state index is 0.0813. The van der Waals surface area contributed by atoms with Gasteiger partial charge in [0.2, 0.25) is 0 Å². The molecule has 0 saturated heterocycles. The van der Waals surface area contributed by atoms with Gasteiger partial charge in [-0.05, 0) is 42.0 Å². The zero-order valence-electron chi connectivity index (χ0n) is 14.7. The first-order valence-corrected chi connectivity index (χ1v) is 10.4. The van der Waals surface area contributed by atoms with Crippen molar-refractivity contribution in [3.63, 3.8) is 0 Å². The molecular weight excluding hydrogens is 402 g/mol. The molecule has 1 amide bonds. The smallest absolute Gasteiger partial charge is 0.407 e. The molecule has 146 valence electrons. The van der Waals surface area contributed by atoms with Crippen molar-refractivity contribution in [2.45, 2.75) is 16.8 Å². The molecule has 0 saturated carbocycles. The highest BCUT2D eigenvalue weighted by Gasteiger charge is 2.32. The number of rotatable bonds is 7. The number of halogens is 1. The molecule has 0 aliphatic carbocycles. The lowest BCUT2D eigenvalue weighted by atomic mass is 10.2. The van der Waals surface area contributed by atoms with Crippen LogP contribution in [0.15, 0.2) is 82.3 Å². The number of nitrogens with one attached hydrogen (secondary N) is 1. The molecule has 8 heteroatoms. The van der Waals surface area contributed by atoms with E-state index in [0.29, 0.717) is 5.02 Å². The Morgan fingerprint density at radius 3 is 2.39 bits per heavy atom. The Kier molecular flexibility index (Phi) is 6.38. The van der Waals surface area contributed by atoms with Gasteiger partial charge in [0.25, 0.3) is 0 Å². The number of sulfone groups is 1. The molecule has 0 unspecified atom stereocenters. The molecule has 1 heterocycles. The van der Waals surface area contributed by atoms with Crippen molar-refractivity contribution in [3.05, 3.63) is 89.3 Å². The summed E-state index contributed by atoms with van der Waals surface area (Å²) in [6.07, 6.45) is 0.666. The van der Waals surface area contributed by atoms with E-state index in [-0.39, 0.29) is 23.8 Å². The zero-order valence-corrected chi connectivity index (χ0v) is 16.3. The number of carbonyl (C=O) groups excluding carboxylic acids is 1. The molecule has 1 aromatic heterocycles. The summed E-state index contributed by atoms with van der Waals surface area (Å²) in [5, 5.41) is 1.83. The fourth-order valence-electron chi connectivity index (χ4n) is 2.58. The molecule has 0 spiro atoms. The molecule has 1 N–H and O–H groups in total. The summed E-state index contributed by atoms with van der Waals surface area (Å²) >= 11 is 5.84. The quantitative estimate of drug-likeness (QED) is 0.614. The van der Waals surface area contributed by atoms with E-state index in [1.807, 2.05) is 30.3 Å². The monoisotopic (exact) mass is 419 g/mol. The summed E-state index contributed by atoms with van der Waals surface area (Å²) in [7, 11) is -3.83. The van der Waals surface area contributed by atoms with Crippen molar-refractivity contribution in [2.75, 3.05) is 6.54 Å². The molecule has 6 nitrogen and oxygen atoms in total. The van der Waals surface area contributed by atoms with Crippen LogP contribution in [0.25, 0.3) is 0 Å². The second-order valence-electron chi connectivity index (χ2n) is 5.95. The van der Waals surface area contributed by atoms with Crippen molar-refractivity contribution in [3.8, 4) is 0 Å². The fourth-order valence-corrected chi connectivity index (χ4v) is 4.29. The van der Waals surface area contributed by atoms with Crippen LogP contribution in [0.3, 0.4) is 0 Å². The van der Waals surface area contributed by atoms with Crippen molar-refractivity contribution in [2.24, 2.45) is 0 Å². The van der Waals surface area contributed by atoms with Crippen molar-refractivity contribution in [1.29, 1.82) is 0 Å². The van der Waals surface area contributed by atoms with Crippen LogP contribution < -0.4 is 5.32 Å². The van der Waals surface area contributed by atoms with E-state index in [4.69, 9.17) is 20.8 Å². The van der Waals surface area contributed by atoms with E-state index >= 15 is 0 Å². The van der Waals surface area contributed by atoms with Crippen molar-refractivity contribution in [1.82, 2.24) is 5.32 Å². The maximum atomic E-state index is 13.0. The standard InChI is InChI=1S/C20H18ClNO5S/c21-16-8-10-17(11-9-16)28(24,25)19(18-7-4-12-26-18)13-22-20(23)27-14-15-5-2-1-3-6-15/h1-12,19H,13-14H2,(H,22,23)/t19-/m0/s1. The molecule has 1 atom stereocenters. The van der Waals surface area contributed by atoms with Gasteiger partial charge < -0.3 is 14.5 Å². The average Bonchev–Trinajstić information content (AvgIpc) is 3.22. The van der Waals surface area contributed by atoms with Crippen molar-refractivity contribution < 1.29 is 22.4 Å². The van der Waals surface area contributed by atoms with Crippen LogP contribution in [-0.2, 0) is 21.2 Å². The second kappa shape index (κ2) is 8.95. The molecule has 28 heavy (non-hydrogen) atoms. The number of carbonyl (C=O) groups is 1. The maximum absolute atomic E-state index is 13.0. The van der Waals surface area contributed by atoms with Crippen LogP contribution in [0.5, 0.6) is 0 Å². The first kappa shape index (κ1) is 20.0. The SMILES string of the molecule is O=C(NC[C@@H](c1ccco1)S(=O)(=O)c1ccc(Cl)cc1)OCc1ccccc1. The van der Waals surface area contributed by atoms with Crippen molar-refractivity contribution >= 4 is 27.5 Å². The van der Waals surface area contributed by atoms with Gasteiger partial charge in [0, 0.05) is 11.6 Å². The third-order valence-corrected chi connectivity index (χ3v) is 6.35. The second-order valence-corrected chi connectivity index (χ2v) is 8.51. The van der Waals surface area contributed by atoms with Crippen LogP contribution in [-0.4, -0.2) is 21.1 Å². The Morgan fingerprint density at radius 2 is 1.75 bits per heavy atom. The largest absolute Gasteiger partial charge is 0.468 e. The van der Waals surface area contributed by atoms with Gasteiger partial charge in [-0.3, -0.25) is 0 Å². The number of benzene rings is 2. The first-order valence-electron chi connectivity index (χ1n) is 8.44. The Balaban J connectivity index is 1.71. The van der Waals surface area contributed by atoms with Crippen LogP contribution in [0.2, 0.25) is 5.02 Å². The summed E-state index contributed by atoms with van der Waals surface area (Å²) < 4.78 is 36.5. The maximum Gasteiger partial charge on any atom is 0.407 e. The molecule has 0 aliphatic rings. The highest BCUT2D eigenvalue weighted by molar-refractivity contribution is 7.91. The Labute approximate surface area is 168 Å². The van der Waals surface area contributed by atoms with E-state index in [1.165, 1.54) is 30.5 Å². The van der Waals surface area contributed by atoms with E-state index in [9.17, 15) is 13.2 Å². The molecule has 3 aromatic rings. The number of amides is 1. The number of hydrogen-bond acceptors (Lipinski definition) is 5. The minimum Gasteiger partial charge on any atom is -0.468 e. The fraction of sp³-hybridized carbons (Fsp3) is 0.150. The van der Waals surface area contributed by atoms with Gasteiger partial charge in [0.15, 0.2) is 9.84 Å². The number of hydrogen-bond donors (Lipinski definition) is 1. The van der Waals surface area contributed by atoms with E-state index in [1.54, 1.807) is 12.1 Å². The molecule has 2 aromatic carbocycles. The van der Waals surface area contributed by atoms with E-state index in [0.717, 1.165) is 5.56 Å². The average molecular weight is 420 g/mol. The normalized spacial score (nSPS) is 12.3. The van der Waals surface area contributed by atoms with Gasteiger partial charge in [-0.1, -0.05) is 41.9 Å². The lowest BCUT2D eigenvalue weighted by Crippen LogP contribution is -2.32. The summed E-state index contributed by atoms with van der Waals surface area (Å²) in [6.45, 7) is -0.117. The van der Waals surface area contributed by atoms with Crippen LogP contribution in [0.4, 0.5) is 4.79 Å². The van der Waals surface area contributed by atoms with Gasteiger partial charge in [0.05, 0.1) is 11.2 Å². The Morgan fingerprint density at radius 1 is 1.04 bits per heavy atom. The summed E-state index contributed by atoms with van der Waals surface area (Å²) in [6, 6.07) is 18.1. The third-order valence-electron chi connectivity index (χ3n) is 4.02. The van der Waals surface area contributed by atoms with E-state index < -0.39 is 21.2 Å². The van der Waals surface area contributed by atoms with Crippen LogP contribution in [0.1, 0.15) is 16.6 Å². The number of ether oxygens (including phenoxy) is 1. The molecule has 0 radical (unpaired) electrons. The summed E-state index contributed by atoms with van der Waals surface area (Å²) in [5.41, 5.74) is 0.828. The third kappa shape index (κ3) is 4.94. The summed E-state index contributed by atoms with van der Waals surface area (Å²) in [4.78, 5) is 12.1. The lowest BCUT2D eigenvalue weighted by molar-refractivity contribution is 0.139. The number of furan rings is 1. The van der Waals surface area contributed by atoms with Crippen LogP contribution >= 0.6 is 11.6 Å². The van der Waals surface area contributed by atoms with Gasteiger partial charge in [-0.15, -0.1) is 0 Å². The number of alkyl carbamates (subject to hydrolysis) is 1. The predicted octanol–water partition coefficient (Wildman–Crippen LogP) is 4.37. The lowest BCUT2D eigenvalue weighted by Gasteiger charge is -2.16. The zero-order chi connectivity index (χ0) is 20.0. The Bertz CT molecular complexity index is 1000. The molecule has 0 fully saturated rings. The minimum atomic E-state index is -3.83. The molecular formula is C20H18ClNO5S. The first-order chi connectivity index (χ1) is 13.5. The predicted molar refractivity (Wildman–Crippen MR) is 105 cm³/mol. The molecule has 3 rings (SSSR count). The summed E-state index contributed by atoms with van der Waals surface area (Å²) in [5.74, 6) is 0.221. The van der Waals surface area contributed by atoms with Gasteiger partial charge in [0.1, 0.15) is 17.6 Å².